The molecule has 7 heteroatoms. The molecule has 0 spiro atoms. The smallest absolute Gasteiger partial charge is 0.329 e. The fraction of sp³-hybridized carbons (Fsp3) is 0.316. The molecule has 7 nitrogen and oxygen atoms in total. The Morgan fingerprint density at radius 3 is 2.50 bits per heavy atom. The number of imidazole rings is 1. The van der Waals surface area contributed by atoms with E-state index < -0.39 is 18.0 Å². The predicted octanol–water partition coefficient (Wildman–Crippen LogP) is 2.16. The number of fused-ring (bicyclic) bond motifs is 3. The van der Waals surface area contributed by atoms with E-state index in [0.29, 0.717) is 5.52 Å². The summed E-state index contributed by atoms with van der Waals surface area (Å²) in [6.45, 7) is 0. The normalized spacial score (nSPS) is 12.3. The zero-order valence-corrected chi connectivity index (χ0v) is 14.9. The summed E-state index contributed by atoms with van der Waals surface area (Å²) in [5, 5.41) is 1.91. The number of esters is 2. The van der Waals surface area contributed by atoms with E-state index in [4.69, 9.17) is 4.74 Å². The van der Waals surface area contributed by atoms with E-state index in [2.05, 4.69) is 4.74 Å². The summed E-state index contributed by atoms with van der Waals surface area (Å²) in [6, 6.07) is 10.5. The van der Waals surface area contributed by atoms with Crippen LogP contribution in [0.4, 0.5) is 0 Å². The van der Waals surface area contributed by atoms with Gasteiger partial charge < -0.3 is 9.47 Å². The summed E-state index contributed by atoms with van der Waals surface area (Å²) in [7, 11) is 4.22. The third-order valence-corrected chi connectivity index (χ3v) is 4.60. The first kappa shape index (κ1) is 17.7. The zero-order chi connectivity index (χ0) is 18.8. The molecule has 0 aliphatic heterocycles. The van der Waals surface area contributed by atoms with Crippen LogP contribution in [0.25, 0.3) is 21.8 Å². The van der Waals surface area contributed by atoms with Crippen LogP contribution in [-0.2, 0) is 26.1 Å². The maximum absolute atomic E-state index is 12.9. The van der Waals surface area contributed by atoms with Gasteiger partial charge in [-0.15, -0.1) is 0 Å². The van der Waals surface area contributed by atoms with E-state index >= 15 is 0 Å². The van der Waals surface area contributed by atoms with Crippen LogP contribution in [0.1, 0.15) is 18.9 Å². The van der Waals surface area contributed by atoms with E-state index in [9.17, 15) is 14.4 Å². The summed E-state index contributed by atoms with van der Waals surface area (Å²) in [5.41, 5.74) is 1.02. The lowest BCUT2D eigenvalue weighted by Crippen LogP contribution is -2.31. The van der Waals surface area contributed by atoms with E-state index in [0.717, 1.165) is 16.3 Å². The number of carbonyl (C=O) groups is 2. The highest BCUT2D eigenvalue weighted by molar-refractivity contribution is 6.04. The Labute approximate surface area is 149 Å². The van der Waals surface area contributed by atoms with Crippen molar-refractivity contribution in [2.45, 2.75) is 18.9 Å². The summed E-state index contributed by atoms with van der Waals surface area (Å²) in [5.74, 6) is -1.02. The van der Waals surface area contributed by atoms with Gasteiger partial charge in [0.2, 0.25) is 0 Å². The van der Waals surface area contributed by atoms with Gasteiger partial charge in [0.15, 0.2) is 0 Å². The minimum absolute atomic E-state index is 0.00662. The number of hydrogen-bond acceptors (Lipinski definition) is 5. The Hall–Kier alpha value is -3.09. The highest BCUT2D eigenvalue weighted by Gasteiger charge is 2.27. The molecular weight excluding hydrogens is 336 g/mol. The van der Waals surface area contributed by atoms with E-state index in [-0.39, 0.29) is 18.5 Å². The third-order valence-electron chi connectivity index (χ3n) is 4.60. The molecule has 3 rings (SSSR count). The molecule has 0 bridgehead atoms. The van der Waals surface area contributed by atoms with Gasteiger partial charge in [0.1, 0.15) is 6.04 Å². The molecule has 3 aromatic rings. The quantitative estimate of drug-likeness (QED) is 0.655. The minimum atomic E-state index is -0.906. The number of methoxy groups -OCH3 is 2. The van der Waals surface area contributed by atoms with Gasteiger partial charge in [-0.2, -0.15) is 0 Å². The van der Waals surface area contributed by atoms with E-state index in [1.165, 1.54) is 23.4 Å². The Bertz CT molecular complexity index is 1050. The van der Waals surface area contributed by atoms with Gasteiger partial charge in [-0.3, -0.25) is 13.9 Å². The van der Waals surface area contributed by atoms with Crippen molar-refractivity contribution in [2.24, 2.45) is 7.05 Å². The maximum atomic E-state index is 12.9. The van der Waals surface area contributed by atoms with Crippen molar-refractivity contribution in [3.63, 3.8) is 0 Å². The van der Waals surface area contributed by atoms with Crippen molar-refractivity contribution in [3.05, 3.63) is 46.9 Å². The van der Waals surface area contributed by atoms with Gasteiger partial charge >= 0.3 is 17.6 Å². The van der Waals surface area contributed by atoms with Crippen molar-refractivity contribution < 1.29 is 19.1 Å². The van der Waals surface area contributed by atoms with Gasteiger partial charge in [-0.25, -0.2) is 9.59 Å². The lowest BCUT2D eigenvalue weighted by atomic mass is 10.1. The number of benzene rings is 2. The zero-order valence-electron chi connectivity index (χ0n) is 14.9. The number of ether oxygens (including phenoxy) is 2. The lowest BCUT2D eigenvalue weighted by Gasteiger charge is -2.16. The molecule has 1 heterocycles. The van der Waals surface area contributed by atoms with Gasteiger partial charge in [0.05, 0.1) is 25.3 Å². The lowest BCUT2D eigenvalue weighted by molar-refractivity contribution is -0.145. The molecule has 1 atom stereocenters. The summed E-state index contributed by atoms with van der Waals surface area (Å²) >= 11 is 0. The van der Waals surface area contributed by atoms with Crippen molar-refractivity contribution in [1.29, 1.82) is 0 Å². The number of rotatable bonds is 5. The molecular formula is C19H20N2O5. The van der Waals surface area contributed by atoms with Crippen molar-refractivity contribution in [3.8, 4) is 0 Å². The SMILES string of the molecule is COC(=O)CCC(C(=O)OC)n1c(=O)n(C)c2c3ccccc3ccc21. The second-order valence-electron chi connectivity index (χ2n) is 6.02. The Morgan fingerprint density at radius 1 is 1.08 bits per heavy atom. The first-order chi connectivity index (χ1) is 12.5. The van der Waals surface area contributed by atoms with Crippen LogP contribution in [0.2, 0.25) is 0 Å². The molecule has 1 unspecified atom stereocenters. The van der Waals surface area contributed by atoms with Gasteiger partial charge in [0.25, 0.3) is 0 Å². The highest BCUT2D eigenvalue weighted by atomic mass is 16.5. The first-order valence-electron chi connectivity index (χ1n) is 8.23. The van der Waals surface area contributed by atoms with E-state index in [1.807, 2.05) is 36.4 Å². The van der Waals surface area contributed by atoms with Crippen molar-refractivity contribution >= 4 is 33.7 Å². The molecule has 0 radical (unpaired) electrons. The maximum Gasteiger partial charge on any atom is 0.329 e. The fourth-order valence-corrected chi connectivity index (χ4v) is 3.30. The topological polar surface area (TPSA) is 79.5 Å². The number of aryl methyl sites for hydroxylation is 1. The molecule has 2 aromatic carbocycles. The van der Waals surface area contributed by atoms with Crippen LogP contribution < -0.4 is 5.69 Å². The van der Waals surface area contributed by atoms with Gasteiger partial charge in [-0.05, 0) is 17.9 Å². The predicted molar refractivity (Wildman–Crippen MR) is 97.0 cm³/mol. The largest absolute Gasteiger partial charge is 0.469 e. The average molecular weight is 356 g/mol. The Kier molecular flexibility index (Phi) is 4.79. The molecule has 0 amide bonds. The third kappa shape index (κ3) is 2.85. The number of aromatic nitrogens is 2. The van der Waals surface area contributed by atoms with Crippen LogP contribution in [0.15, 0.2) is 41.2 Å². The van der Waals surface area contributed by atoms with Gasteiger partial charge in [0, 0.05) is 18.9 Å². The molecule has 0 N–H and O–H groups in total. The molecule has 136 valence electrons. The first-order valence-corrected chi connectivity index (χ1v) is 8.23. The average Bonchev–Trinajstić information content (AvgIpc) is 2.93. The number of carbonyl (C=O) groups excluding carboxylic acids is 2. The van der Waals surface area contributed by atoms with Crippen LogP contribution in [-0.4, -0.2) is 35.3 Å². The summed E-state index contributed by atoms with van der Waals surface area (Å²) < 4.78 is 12.4. The highest BCUT2D eigenvalue weighted by Crippen LogP contribution is 2.27. The molecule has 1 aromatic heterocycles. The number of nitrogens with zero attached hydrogens (tertiary/aromatic N) is 2. The minimum Gasteiger partial charge on any atom is -0.469 e. The van der Waals surface area contributed by atoms with E-state index in [1.54, 1.807) is 7.05 Å². The van der Waals surface area contributed by atoms with Crippen molar-refractivity contribution in [2.75, 3.05) is 14.2 Å². The van der Waals surface area contributed by atoms with Crippen LogP contribution in [0.3, 0.4) is 0 Å². The Balaban J connectivity index is 2.23. The molecule has 0 aliphatic carbocycles. The standard InChI is InChI=1S/C19H20N2O5/c1-20-17-13-7-5-4-6-12(13)8-9-14(17)21(19(20)24)15(18(23)26-3)10-11-16(22)25-2/h4-9,15H,10-11H2,1-3H3. The Morgan fingerprint density at radius 2 is 1.81 bits per heavy atom. The van der Waals surface area contributed by atoms with Crippen LogP contribution in [0, 0.1) is 0 Å². The second-order valence-corrected chi connectivity index (χ2v) is 6.02. The summed E-state index contributed by atoms with van der Waals surface area (Å²) in [4.78, 5) is 36.8. The van der Waals surface area contributed by atoms with Gasteiger partial charge in [-0.1, -0.05) is 30.3 Å². The molecule has 26 heavy (non-hydrogen) atoms. The van der Waals surface area contributed by atoms with Crippen LogP contribution >= 0.6 is 0 Å². The molecule has 0 fully saturated rings. The van der Waals surface area contributed by atoms with Crippen LogP contribution in [0.5, 0.6) is 0 Å². The fourth-order valence-electron chi connectivity index (χ4n) is 3.30. The molecule has 0 saturated carbocycles. The summed E-state index contributed by atoms with van der Waals surface area (Å²) in [6.07, 6.45) is 0.123. The van der Waals surface area contributed by atoms with Crippen molar-refractivity contribution in [1.82, 2.24) is 9.13 Å². The second kappa shape index (κ2) is 7.03. The monoisotopic (exact) mass is 356 g/mol. The number of hydrogen-bond donors (Lipinski definition) is 0. The molecule has 0 aliphatic rings. The molecule has 0 saturated heterocycles.